The highest BCUT2D eigenvalue weighted by molar-refractivity contribution is 5.78. The lowest BCUT2D eigenvalue weighted by atomic mass is 9.95. The van der Waals surface area contributed by atoms with Crippen molar-refractivity contribution in [1.82, 2.24) is 10.2 Å². The SMILES string of the molecule is CC(C)C(NC(=O)CN1CCCC1c1ccc2c(c1)OCCO2)c1ccc2c(c1)OCCCO2. The smallest absolute Gasteiger partial charge is 0.234 e. The summed E-state index contributed by atoms with van der Waals surface area (Å²) in [5.41, 5.74) is 2.22. The van der Waals surface area contributed by atoms with Gasteiger partial charge in [0.2, 0.25) is 5.91 Å². The summed E-state index contributed by atoms with van der Waals surface area (Å²) in [6.45, 7) is 7.99. The largest absolute Gasteiger partial charge is 0.490 e. The lowest BCUT2D eigenvalue weighted by Gasteiger charge is -2.28. The molecule has 1 saturated heterocycles. The Balaban J connectivity index is 1.27. The number of hydrogen-bond acceptors (Lipinski definition) is 6. The molecule has 3 aliphatic heterocycles. The van der Waals surface area contributed by atoms with Gasteiger partial charge in [-0.1, -0.05) is 26.0 Å². The predicted octanol–water partition coefficient (Wildman–Crippen LogP) is 4.27. The molecule has 1 fully saturated rings. The van der Waals surface area contributed by atoms with Crippen molar-refractivity contribution < 1.29 is 23.7 Å². The second kappa shape index (κ2) is 10.1. The summed E-state index contributed by atoms with van der Waals surface area (Å²) in [5.74, 6) is 3.40. The summed E-state index contributed by atoms with van der Waals surface area (Å²) in [5, 5.41) is 3.28. The lowest BCUT2D eigenvalue weighted by Crippen LogP contribution is -2.40. The number of carbonyl (C=O) groups is 1. The molecule has 0 spiro atoms. The van der Waals surface area contributed by atoms with Crippen molar-refractivity contribution >= 4 is 5.91 Å². The van der Waals surface area contributed by atoms with Crippen molar-refractivity contribution in [3.8, 4) is 23.0 Å². The van der Waals surface area contributed by atoms with Gasteiger partial charge in [-0.15, -0.1) is 0 Å². The van der Waals surface area contributed by atoms with Crippen LogP contribution >= 0.6 is 0 Å². The first-order valence-corrected chi connectivity index (χ1v) is 12.4. The molecule has 1 amide bonds. The summed E-state index contributed by atoms with van der Waals surface area (Å²) in [6, 6.07) is 12.3. The molecule has 182 valence electrons. The van der Waals surface area contributed by atoms with E-state index in [1.807, 2.05) is 24.3 Å². The van der Waals surface area contributed by atoms with Crippen LogP contribution in [0, 0.1) is 5.92 Å². The van der Waals surface area contributed by atoms with E-state index < -0.39 is 0 Å². The first kappa shape index (κ1) is 22.8. The van der Waals surface area contributed by atoms with Crippen molar-refractivity contribution in [3.63, 3.8) is 0 Å². The van der Waals surface area contributed by atoms with Crippen molar-refractivity contribution in [2.75, 3.05) is 39.5 Å². The molecule has 2 aromatic rings. The Morgan fingerprint density at radius 1 is 0.912 bits per heavy atom. The molecule has 3 heterocycles. The van der Waals surface area contributed by atoms with E-state index >= 15 is 0 Å². The maximum Gasteiger partial charge on any atom is 0.234 e. The number of amides is 1. The van der Waals surface area contributed by atoms with Gasteiger partial charge in [0.1, 0.15) is 13.2 Å². The molecule has 1 N–H and O–H groups in total. The minimum absolute atomic E-state index is 0.0373. The average Bonchev–Trinajstić information content (AvgIpc) is 3.17. The van der Waals surface area contributed by atoms with Crippen LogP contribution in [-0.4, -0.2) is 50.3 Å². The summed E-state index contributed by atoms with van der Waals surface area (Å²) in [6.07, 6.45) is 2.97. The van der Waals surface area contributed by atoms with Crippen molar-refractivity contribution in [1.29, 1.82) is 0 Å². The fraction of sp³-hybridized carbons (Fsp3) is 0.519. The summed E-state index contributed by atoms with van der Waals surface area (Å²) in [4.78, 5) is 15.5. The Kier molecular flexibility index (Phi) is 6.81. The van der Waals surface area contributed by atoms with E-state index in [9.17, 15) is 4.79 Å². The van der Waals surface area contributed by atoms with Gasteiger partial charge in [-0.3, -0.25) is 9.69 Å². The summed E-state index contributed by atoms with van der Waals surface area (Å²) < 4.78 is 23.1. The third-order valence-electron chi connectivity index (χ3n) is 6.78. The number of ether oxygens (including phenoxy) is 4. The van der Waals surface area contributed by atoms with Crippen molar-refractivity contribution in [2.45, 2.75) is 45.2 Å². The first-order chi connectivity index (χ1) is 16.6. The Morgan fingerprint density at radius 2 is 1.59 bits per heavy atom. The molecule has 7 nitrogen and oxygen atoms in total. The number of rotatable bonds is 6. The van der Waals surface area contributed by atoms with Gasteiger partial charge in [0.05, 0.1) is 25.8 Å². The molecule has 2 atom stereocenters. The van der Waals surface area contributed by atoms with Crippen LogP contribution in [0.25, 0.3) is 0 Å². The molecule has 3 aliphatic rings. The number of nitrogens with one attached hydrogen (secondary N) is 1. The number of carbonyl (C=O) groups excluding carboxylic acids is 1. The molecule has 5 rings (SSSR count). The third kappa shape index (κ3) is 4.94. The Bertz CT molecular complexity index is 1020. The third-order valence-corrected chi connectivity index (χ3v) is 6.78. The van der Waals surface area contributed by atoms with Crippen molar-refractivity contribution in [3.05, 3.63) is 47.5 Å². The molecular formula is C27H34N2O5. The average molecular weight is 467 g/mol. The highest BCUT2D eigenvalue weighted by Crippen LogP contribution is 2.38. The second-order valence-electron chi connectivity index (χ2n) is 9.58. The standard InChI is InChI=1S/C27H34N2O5/c1-18(2)27(20-7-9-22-25(16-20)32-12-4-11-31-22)28-26(30)17-29-10-3-5-21(29)19-6-8-23-24(15-19)34-14-13-33-23/h6-9,15-16,18,21,27H,3-5,10-14,17H2,1-2H3,(H,28,30). The monoisotopic (exact) mass is 466 g/mol. The van der Waals surface area contributed by atoms with E-state index in [1.165, 1.54) is 5.56 Å². The minimum Gasteiger partial charge on any atom is -0.490 e. The molecule has 7 heteroatoms. The van der Waals surface area contributed by atoms with E-state index in [-0.39, 0.29) is 23.9 Å². The Labute approximate surface area is 201 Å². The number of benzene rings is 2. The zero-order valence-electron chi connectivity index (χ0n) is 20.0. The number of nitrogens with zero attached hydrogens (tertiary/aromatic N) is 1. The first-order valence-electron chi connectivity index (χ1n) is 12.4. The van der Waals surface area contributed by atoms with Gasteiger partial charge in [-0.2, -0.15) is 0 Å². The maximum absolute atomic E-state index is 13.2. The van der Waals surface area contributed by atoms with Gasteiger partial charge in [-0.05, 0) is 60.7 Å². The molecule has 0 aromatic heterocycles. The van der Waals surface area contributed by atoms with E-state index in [4.69, 9.17) is 18.9 Å². The highest BCUT2D eigenvalue weighted by Gasteiger charge is 2.30. The van der Waals surface area contributed by atoms with Crippen LogP contribution in [0.3, 0.4) is 0 Å². The van der Waals surface area contributed by atoms with Crippen LogP contribution in [0.5, 0.6) is 23.0 Å². The lowest BCUT2D eigenvalue weighted by molar-refractivity contribution is -0.123. The zero-order valence-corrected chi connectivity index (χ0v) is 20.0. The van der Waals surface area contributed by atoms with Gasteiger partial charge in [0.15, 0.2) is 23.0 Å². The van der Waals surface area contributed by atoms with Gasteiger partial charge < -0.3 is 24.3 Å². The van der Waals surface area contributed by atoms with Crippen molar-refractivity contribution in [2.24, 2.45) is 5.92 Å². The molecule has 0 aliphatic carbocycles. The Morgan fingerprint density at radius 3 is 2.38 bits per heavy atom. The molecule has 0 radical (unpaired) electrons. The highest BCUT2D eigenvalue weighted by atomic mass is 16.6. The van der Waals surface area contributed by atoms with Crippen LogP contribution in [-0.2, 0) is 4.79 Å². The Hall–Kier alpha value is -2.93. The summed E-state index contributed by atoms with van der Waals surface area (Å²) >= 11 is 0. The number of fused-ring (bicyclic) bond motifs is 2. The molecule has 0 bridgehead atoms. The normalized spacial score (nSPS) is 20.6. The zero-order chi connectivity index (χ0) is 23.5. The molecule has 2 unspecified atom stereocenters. The molecule has 34 heavy (non-hydrogen) atoms. The van der Waals surface area contributed by atoms with Crippen LogP contribution in [0.15, 0.2) is 36.4 Å². The topological polar surface area (TPSA) is 69.3 Å². The van der Waals surface area contributed by atoms with Crippen LogP contribution in [0.1, 0.15) is 56.3 Å². The maximum atomic E-state index is 13.2. The van der Waals surface area contributed by atoms with E-state index in [0.717, 1.165) is 54.4 Å². The van der Waals surface area contributed by atoms with Crippen LogP contribution in [0.2, 0.25) is 0 Å². The molecular weight excluding hydrogens is 432 g/mol. The van der Waals surface area contributed by atoms with E-state index in [0.29, 0.717) is 33.0 Å². The number of hydrogen-bond donors (Lipinski definition) is 1. The van der Waals surface area contributed by atoms with Gasteiger partial charge >= 0.3 is 0 Å². The summed E-state index contributed by atoms with van der Waals surface area (Å²) in [7, 11) is 0. The minimum atomic E-state index is -0.0972. The molecule has 2 aromatic carbocycles. The van der Waals surface area contributed by atoms with Gasteiger partial charge in [0, 0.05) is 12.5 Å². The fourth-order valence-corrected chi connectivity index (χ4v) is 5.07. The second-order valence-corrected chi connectivity index (χ2v) is 9.58. The van der Waals surface area contributed by atoms with Gasteiger partial charge in [-0.25, -0.2) is 0 Å². The quantitative estimate of drug-likeness (QED) is 0.686. The fourth-order valence-electron chi connectivity index (χ4n) is 5.07. The van der Waals surface area contributed by atoms with Crippen LogP contribution < -0.4 is 24.3 Å². The predicted molar refractivity (Wildman–Crippen MR) is 129 cm³/mol. The van der Waals surface area contributed by atoms with Crippen LogP contribution in [0.4, 0.5) is 0 Å². The van der Waals surface area contributed by atoms with E-state index in [1.54, 1.807) is 0 Å². The number of likely N-dealkylation sites (tertiary alicyclic amines) is 1. The molecule has 0 saturated carbocycles. The van der Waals surface area contributed by atoms with Gasteiger partial charge in [0.25, 0.3) is 0 Å². The van der Waals surface area contributed by atoms with E-state index in [2.05, 4.69) is 36.2 Å².